The van der Waals surface area contributed by atoms with Gasteiger partial charge >= 0.3 is 0 Å². The van der Waals surface area contributed by atoms with Crippen molar-refractivity contribution in [2.24, 2.45) is 5.73 Å². The Morgan fingerprint density at radius 2 is 2.09 bits per heavy atom. The number of nitrogens with two attached hydrogens (primary N) is 1. The van der Waals surface area contributed by atoms with Crippen LogP contribution in [0.1, 0.15) is 31.5 Å². The van der Waals surface area contributed by atoms with Gasteiger partial charge in [0.2, 0.25) is 0 Å². The van der Waals surface area contributed by atoms with Crippen LogP contribution in [0.4, 0.5) is 0 Å². The Bertz CT molecular complexity index is 773. The molecule has 3 aromatic rings. The number of nitrogens with zero attached hydrogens (tertiary/aromatic N) is 5. The number of pyridine rings is 1. The van der Waals surface area contributed by atoms with Crippen molar-refractivity contribution < 1.29 is 4.52 Å². The summed E-state index contributed by atoms with van der Waals surface area (Å²) in [5, 5.41) is 4.09. The second-order valence-corrected chi connectivity index (χ2v) is 5.66. The predicted molar refractivity (Wildman–Crippen MR) is 79.0 cm³/mol. The maximum Gasteiger partial charge on any atom is 0.258 e. The zero-order chi connectivity index (χ0) is 15.0. The lowest BCUT2D eigenvalue weighted by atomic mass is 9.99. The topological polar surface area (TPSA) is 95.7 Å². The summed E-state index contributed by atoms with van der Waals surface area (Å²) in [6.07, 6.45) is 11.0. The van der Waals surface area contributed by atoms with Crippen LogP contribution in [-0.2, 0) is 5.54 Å². The van der Waals surface area contributed by atoms with Crippen molar-refractivity contribution in [1.82, 2.24) is 24.7 Å². The molecule has 7 nitrogen and oxygen atoms in total. The maximum absolute atomic E-state index is 6.37. The van der Waals surface area contributed by atoms with Gasteiger partial charge in [0.1, 0.15) is 12.1 Å². The Labute approximate surface area is 127 Å². The molecule has 4 rings (SSSR count). The van der Waals surface area contributed by atoms with Crippen LogP contribution in [0.5, 0.6) is 0 Å². The Morgan fingerprint density at radius 3 is 2.86 bits per heavy atom. The summed E-state index contributed by atoms with van der Waals surface area (Å²) in [4.78, 5) is 12.8. The van der Waals surface area contributed by atoms with Gasteiger partial charge in [0.15, 0.2) is 5.82 Å². The highest BCUT2D eigenvalue weighted by molar-refractivity contribution is 5.55. The third kappa shape index (κ3) is 2.19. The monoisotopic (exact) mass is 296 g/mol. The Balaban J connectivity index is 1.68. The van der Waals surface area contributed by atoms with E-state index in [0.29, 0.717) is 11.7 Å². The molecule has 0 unspecified atom stereocenters. The van der Waals surface area contributed by atoms with Gasteiger partial charge in [-0.3, -0.25) is 4.57 Å². The molecule has 7 heteroatoms. The van der Waals surface area contributed by atoms with Crippen molar-refractivity contribution >= 4 is 0 Å². The molecule has 3 aromatic heterocycles. The molecule has 2 N–H and O–H groups in total. The first kappa shape index (κ1) is 13.1. The van der Waals surface area contributed by atoms with Gasteiger partial charge in [0, 0.05) is 24.2 Å². The van der Waals surface area contributed by atoms with E-state index >= 15 is 0 Å². The van der Waals surface area contributed by atoms with E-state index in [1.807, 2.05) is 22.9 Å². The minimum Gasteiger partial charge on any atom is -0.334 e. The highest BCUT2D eigenvalue weighted by Crippen LogP contribution is 2.35. The first-order chi connectivity index (χ1) is 10.7. The SMILES string of the molecule is NC1(c2noc(-c3ccnc(-n4ccnc4)c3)n2)CCCC1. The number of aromatic nitrogens is 5. The largest absolute Gasteiger partial charge is 0.334 e. The summed E-state index contributed by atoms with van der Waals surface area (Å²) in [5.74, 6) is 1.81. The minimum atomic E-state index is -0.443. The second-order valence-electron chi connectivity index (χ2n) is 5.66. The normalized spacial score (nSPS) is 17.0. The molecule has 0 radical (unpaired) electrons. The van der Waals surface area contributed by atoms with Crippen LogP contribution in [-0.4, -0.2) is 24.7 Å². The summed E-state index contributed by atoms with van der Waals surface area (Å²) in [5.41, 5.74) is 6.75. The molecule has 0 aromatic carbocycles. The van der Waals surface area contributed by atoms with E-state index < -0.39 is 5.54 Å². The van der Waals surface area contributed by atoms with E-state index in [1.165, 1.54) is 0 Å². The number of rotatable bonds is 3. The highest BCUT2D eigenvalue weighted by atomic mass is 16.5. The number of imidazole rings is 1. The quantitative estimate of drug-likeness (QED) is 0.794. The maximum atomic E-state index is 6.37. The van der Waals surface area contributed by atoms with Gasteiger partial charge < -0.3 is 10.3 Å². The van der Waals surface area contributed by atoms with E-state index in [0.717, 1.165) is 37.1 Å². The van der Waals surface area contributed by atoms with E-state index in [1.54, 1.807) is 18.7 Å². The minimum absolute atomic E-state index is 0.443. The summed E-state index contributed by atoms with van der Waals surface area (Å²) in [7, 11) is 0. The highest BCUT2D eigenvalue weighted by Gasteiger charge is 2.36. The zero-order valence-corrected chi connectivity index (χ0v) is 12.0. The fourth-order valence-electron chi connectivity index (χ4n) is 2.86. The van der Waals surface area contributed by atoms with Crippen LogP contribution in [0, 0.1) is 0 Å². The summed E-state index contributed by atoms with van der Waals surface area (Å²) in [6, 6.07) is 3.73. The van der Waals surface area contributed by atoms with Crippen LogP contribution in [0.15, 0.2) is 41.6 Å². The molecule has 1 aliphatic rings. The molecule has 112 valence electrons. The van der Waals surface area contributed by atoms with Gasteiger partial charge in [0.05, 0.1) is 5.54 Å². The van der Waals surface area contributed by atoms with E-state index in [-0.39, 0.29) is 0 Å². The molecule has 0 amide bonds. The second kappa shape index (κ2) is 5.03. The number of hydrogen-bond acceptors (Lipinski definition) is 6. The van der Waals surface area contributed by atoms with Crippen LogP contribution in [0.3, 0.4) is 0 Å². The molecule has 1 saturated carbocycles. The van der Waals surface area contributed by atoms with Crippen molar-refractivity contribution in [2.45, 2.75) is 31.2 Å². The molecular formula is C15H16N6O. The van der Waals surface area contributed by atoms with Crippen molar-refractivity contribution in [2.75, 3.05) is 0 Å². The third-order valence-electron chi connectivity index (χ3n) is 4.13. The molecule has 1 aliphatic carbocycles. The molecule has 0 bridgehead atoms. The Hall–Kier alpha value is -2.54. The molecule has 0 saturated heterocycles. The Morgan fingerprint density at radius 1 is 1.23 bits per heavy atom. The van der Waals surface area contributed by atoms with E-state index in [4.69, 9.17) is 10.3 Å². The van der Waals surface area contributed by atoms with Crippen molar-refractivity contribution in [1.29, 1.82) is 0 Å². The number of hydrogen-bond donors (Lipinski definition) is 1. The van der Waals surface area contributed by atoms with Gasteiger partial charge in [-0.15, -0.1) is 0 Å². The molecule has 3 heterocycles. The van der Waals surface area contributed by atoms with Crippen LogP contribution < -0.4 is 5.73 Å². The third-order valence-corrected chi connectivity index (χ3v) is 4.13. The van der Waals surface area contributed by atoms with Gasteiger partial charge in [-0.25, -0.2) is 9.97 Å². The van der Waals surface area contributed by atoms with Crippen molar-refractivity contribution in [3.8, 4) is 17.3 Å². The summed E-state index contributed by atoms with van der Waals surface area (Å²) in [6.45, 7) is 0. The van der Waals surface area contributed by atoms with Gasteiger partial charge in [-0.1, -0.05) is 18.0 Å². The smallest absolute Gasteiger partial charge is 0.258 e. The van der Waals surface area contributed by atoms with E-state index in [9.17, 15) is 0 Å². The van der Waals surface area contributed by atoms with Gasteiger partial charge in [0.25, 0.3) is 5.89 Å². The van der Waals surface area contributed by atoms with Gasteiger partial charge in [-0.2, -0.15) is 4.98 Å². The average Bonchev–Trinajstić information content (AvgIpc) is 3.29. The summed E-state index contributed by atoms with van der Waals surface area (Å²) >= 11 is 0. The van der Waals surface area contributed by atoms with Crippen LogP contribution >= 0.6 is 0 Å². The molecule has 0 aliphatic heterocycles. The first-order valence-electron chi connectivity index (χ1n) is 7.32. The first-order valence-corrected chi connectivity index (χ1v) is 7.32. The fraction of sp³-hybridized carbons (Fsp3) is 0.333. The van der Waals surface area contributed by atoms with Crippen LogP contribution in [0.2, 0.25) is 0 Å². The summed E-state index contributed by atoms with van der Waals surface area (Å²) < 4.78 is 7.23. The zero-order valence-electron chi connectivity index (χ0n) is 12.0. The Kier molecular flexibility index (Phi) is 3.00. The van der Waals surface area contributed by atoms with Crippen molar-refractivity contribution in [3.63, 3.8) is 0 Å². The van der Waals surface area contributed by atoms with Crippen molar-refractivity contribution in [3.05, 3.63) is 42.9 Å². The lowest BCUT2D eigenvalue weighted by molar-refractivity contribution is 0.372. The van der Waals surface area contributed by atoms with Crippen LogP contribution in [0.25, 0.3) is 17.3 Å². The lowest BCUT2D eigenvalue weighted by Crippen LogP contribution is -2.34. The molecule has 0 spiro atoms. The lowest BCUT2D eigenvalue weighted by Gasteiger charge is -2.17. The predicted octanol–water partition coefficient (Wildman–Crippen LogP) is 2.05. The molecular weight excluding hydrogens is 280 g/mol. The molecule has 1 fully saturated rings. The average molecular weight is 296 g/mol. The van der Waals surface area contributed by atoms with E-state index in [2.05, 4.69) is 20.1 Å². The fourth-order valence-corrected chi connectivity index (χ4v) is 2.86. The van der Waals surface area contributed by atoms with Gasteiger partial charge in [-0.05, 0) is 25.0 Å². The molecule has 22 heavy (non-hydrogen) atoms. The molecule has 0 atom stereocenters. The standard InChI is InChI=1S/C15H16N6O/c16-15(4-1-2-5-15)14-19-13(22-20-14)11-3-6-18-12(9-11)21-8-7-17-10-21/h3,6-10H,1-2,4-5,16H2.